The van der Waals surface area contributed by atoms with Crippen molar-refractivity contribution in [1.82, 2.24) is 0 Å². The third kappa shape index (κ3) is 8.26. The lowest BCUT2D eigenvalue weighted by Crippen LogP contribution is -2.19. The lowest BCUT2D eigenvalue weighted by molar-refractivity contribution is -0.143. The molecule has 0 aliphatic rings. The molecule has 2 nitrogen and oxygen atoms in total. The number of rotatable bonds is 7. The van der Waals surface area contributed by atoms with Crippen LogP contribution in [0.2, 0.25) is 0 Å². The number of hydrogen-bond acceptors (Lipinski definition) is 2. The highest BCUT2D eigenvalue weighted by Gasteiger charge is 2.05. The molecule has 0 N–H and O–H groups in total. The molecule has 13 heavy (non-hydrogen) atoms. The highest BCUT2D eigenvalue weighted by Crippen LogP contribution is 2.05. The van der Waals surface area contributed by atoms with Crippen molar-refractivity contribution in [3.05, 3.63) is 0 Å². The monoisotopic (exact) mass is 188 g/mol. The lowest BCUT2D eigenvalue weighted by atomic mass is 10.1. The van der Waals surface area contributed by atoms with Crippen LogP contribution in [0, 0.1) is 11.8 Å². The molecule has 0 aromatic rings. The Morgan fingerprint density at radius 1 is 0.923 bits per heavy atom. The predicted octanol–water partition coefficient (Wildman–Crippen LogP) is 3.07. The van der Waals surface area contributed by atoms with E-state index in [0.29, 0.717) is 11.8 Å². The van der Waals surface area contributed by atoms with Crippen molar-refractivity contribution in [1.29, 1.82) is 0 Å². The Kier molecular flexibility index (Phi) is 7.29. The third-order valence-corrected chi connectivity index (χ3v) is 1.98. The van der Waals surface area contributed by atoms with Crippen LogP contribution >= 0.6 is 0 Å². The van der Waals surface area contributed by atoms with Gasteiger partial charge in [-0.1, -0.05) is 34.1 Å². The Morgan fingerprint density at radius 3 is 1.92 bits per heavy atom. The highest BCUT2D eigenvalue weighted by molar-refractivity contribution is 4.47. The first-order chi connectivity index (χ1) is 6.06. The molecule has 0 rings (SSSR count). The van der Waals surface area contributed by atoms with Crippen molar-refractivity contribution in [3.63, 3.8) is 0 Å². The molecule has 0 aromatic carbocycles. The zero-order valence-electron chi connectivity index (χ0n) is 9.67. The van der Waals surface area contributed by atoms with Gasteiger partial charge in [-0.15, -0.1) is 0 Å². The first-order valence-electron chi connectivity index (χ1n) is 5.29. The van der Waals surface area contributed by atoms with Gasteiger partial charge < -0.3 is 9.47 Å². The van der Waals surface area contributed by atoms with Gasteiger partial charge in [-0.3, -0.25) is 0 Å². The van der Waals surface area contributed by atoms with E-state index in [1.165, 1.54) is 0 Å². The van der Waals surface area contributed by atoms with Crippen LogP contribution in [0.3, 0.4) is 0 Å². The zero-order valence-corrected chi connectivity index (χ0v) is 9.67. The Balaban J connectivity index is 3.34. The van der Waals surface area contributed by atoms with E-state index in [4.69, 9.17) is 9.47 Å². The Labute approximate surface area is 82.6 Å². The normalized spacial score (nSPS) is 16.2. The van der Waals surface area contributed by atoms with Crippen molar-refractivity contribution in [2.75, 3.05) is 13.2 Å². The first-order valence-corrected chi connectivity index (χ1v) is 5.29. The van der Waals surface area contributed by atoms with E-state index in [1.807, 2.05) is 6.92 Å². The summed E-state index contributed by atoms with van der Waals surface area (Å²) in [5.41, 5.74) is 0. The maximum absolute atomic E-state index is 5.52. The van der Waals surface area contributed by atoms with Crippen LogP contribution in [0.5, 0.6) is 0 Å². The van der Waals surface area contributed by atoms with E-state index in [0.717, 1.165) is 19.6 Å². The molecule has 2 heteroatoms. The van der Waals surface area contributed by atoms with E-state index in [2.05, 4.69) is 27.7 Å². The summed E-state index contributed by atoms with van der Waals surface area (Å²) in [6.07, 6.45) is 1.10. The highest BCUT2D eigenvalue weighted by atomic mass is 16.7. The summed E-state index contributed by atoms with van der Waals surface area (Å²) < 4.78 is 11.0. The van der Waals surface area contributed by atoms with Crippen molar-refractivity contribution in [2.45, 2.75) is 47.3 Å². The number of hydrogen-bond donors (Lipinski definition) is 0. The van der Waals surface area contributed by atoms with Gasteiger partial charge in [0.25, 0.3) is 0 Å². The minimum absolute atomic E-state index is 0.0589. The van der Waals surface area contributed by atoms with Crippen LogP contribution < -0.4 is 0 Å². The topological polar surface area (TPSA) is 18.5 Å². The quantitative estimate of drug-likeness (QED) is 0.572. The summed E-state index contributed by atoms with van der Waals surface area (Å²) in [7, 11) is 0. The minimum Gasteiger partial charge on any atom is -0.353 e. The summed E-state index contributed by atoms with van der Waals surface area (Å²) in [5, 5.41) is 0. The fourth-order valence-corrected chi connectivity index (χ4v) is 0.794. The molecule has 0 aliphatic heterocycles. The fourth-order valence-electron chi connectivity index (χ4n) is 0.794. The Hall–Kier alpha value is -0.0800. The van der Waals surface area contributed by atoms with Gasteiger partial charge in [0, 0.05) is 0 Å². The van der Waals surface area contributed by atoms with Crippen LogP contribution in [0.1, 0.15) is 41.0 Å². The molecule has 0 aromatic heterocycles. The van der Waals surface area contributed by atoms with Crippen LogP contribution in [0.25, 0.3) is 0 Å². The van der Waals surface area contributed by atoms with Gasteiger partial charge >= 0.3 is 0 Å². The van der Waals surface area contributed by atoms with E-state index < -0.39 is 0 Å². The second-order valence-corrected chi connectivity index (χ2v) is 4.14. The van der Waals surface area contributed by atoms with E-state index in [-0.39, 0.29) is 6.29 Å². The summed E-state index contributed by atoms with van der Waals surface area (Å²) >= 11 is 0. The van der Waals surface area contributed by atoms with Crippen molar-refractivity contribution < 1.29 is 9.47 Å². The fraction of sp³-hybridized carbons (Fsp3) is 1.00. The van der Waals surface area contributed by atoms with Crippen LogP contribution in [0.15, 0.2) is 0 Å². The molecule has 0 fully saturated rings. The van der Waals surface area contributed by atoms with Crippen molar-refractivity contribution >= 4 is 0 Å². The smallest absolute Gasteiger partial charge is 0.154 e. The van der Waals surface area contributed by atoms with Crippen LogP contribution in [-0.4, -0.2) is 19.5 Å². The lowest BCUT2D eigenvalue weighted by Gasteiger charge is -2.17. The van der Waals surface area contributed by atoms with Gasteiger partial charge in [0.2, 0.25) is 0 Å². The molecule has 0 radical (unpaired) electrons. The molecule has 80 valence electrons. The SMILES string of the molecule is CCC(C)COC(C)OCC(C)C. The summed E-state index contributed by atoms with van der Waals surface area (Å²) in [5.74, 6) is 1.21. The zero-order chi connectivity index (χ0) is 10.3. The minimum atomic E-state index is -0.0589. The molecule has 0 aliphatic carbocycles. The molecule has 0 bridgehead atoms. The standard InChI is InChI=1S/C11H24O2/c1-6-10(4)8-13-11(5)12-7-9(2)3/h9-11H,6-8H2,1-5H3. The van der Waals surface area contributed by atoms with E-state index in [1.54, 1.807) is 0 Å². The summed E-state index contributed by atoms with van der Waals surface area (Å²) in [4.78, 5) is 0. The largest absolute Gasteiger partial charge is 0.353 e. The van der Waals surface area contributed by atoms with Gasteiger partial charge in [0.15, 0.2) is 6.29 Å². The van der Waals surface area contributed by atoms with Gasteiger partial charge in [-0.25, -0.2) is 0 Å². The summed E-state index contributed by atoms with van der Waals surface area (Å²) in [6, 6.07) is 0. The second kappa shape index (κ2) is 7.34. The van der Waals surface area contributed by atoms with Gasteiger partial charge in [0.05, 0.1) is 13.2 Å². The molecule has 2 atom stereocenters. The molecule has 0 spiro atoms. The maximum atomic E-state index is 5.52. The van der Waals surface area contributed by atoms with Crippen molar-refractivity contribution in [3.8, 4) is 0 Å². The molecule has 2 unspecified atom stereocenters. The van der Waals surface area contributed by atoms with Crippen LogP contribution in [-0.2, 0) is 9.47 Å². The van der Waals surface area contributed by atoms with Gasteiger partial charge in [-0.05, 0) is 18.8 Å². The van der Waals surface area contributed by atoms with Gasteiger partial charge in [0.1, 0.15) is 0 Å². The van der Waals surface area contributed by atoms with Crippen LogP contribution in [0.4, 0.5) is 0 Å². The number of ether oxygens (including phenoxy) is 2. The first kappa shape index (κ1) is 12.9. The third-order valence-electron chi connectivity index (χ3n) is 1.98. The van der Waals surface area contributed by atoms with E-state index >= 15 is 0 Å². The Morgan fingerprint density at radius 2 is 1.46 bits per heavy atom. The average molecular weight is 188 g/mol. The predicted molar refractivity (Wildman–Crippen MR) is 55.7 cm³/mol. The van der Waals surface area contributed by atoms with Gasteiger partial charge in [-0.2, -0.15) is 0 Å². The average Bonchev–Trinajstić information content (AvgIpc) is 2.10. The molecular formula is C11H24O2. The van der Waals surface area contributed by atoms with E-state index in [9.17, 15) is 0 Å². The van der Waals surface area contributed by atoms with Crippen molar-refractivity contribution in [2.24, 2.45) is 11.8 Å². The Bertz CT molecular complexity index is 113. The molecule has 0 saturated carbocycles. The molecule has 0 saturated heterocycles. The molecule has 0 heterocycles. The summed E-state index contributed by atoms with van der Waals surface area (Å²) in [6.45, 7) is 12.2. The maximum Gasteiger partial charge on any atom is 0.154 e. The molecule has 0 amide bonds. The molecular weight excluding hydrogens is 164 g/mol. The second-order valence-electron chi connectivity index (χ2n) is 4.14.